The number of pyridine rings is 1. The molecule has 0 saturated carbocycles. The molecule has 0 radical (unpaired) electrons. The van der Waals surface area contributed by atoms with Gasteiger partial charge in [-0.25, -0.2) is 4.98 Å². The van der Waals surface area contributed by atoms with Crippen LogP contribution in [0.15, 0.2) is 47.5 Å². The summed E-state index contributed by atoms with van der Waals surface area (Å²) >= 11 is 1.85. The Labute approximate surface area is 130 Å². The predicted molar refractivity (Wildman–Crippen MR) is 88.4 cm³/mol. The SMILES string of the molecule is CC(C)Sc1ccc(C(C)Nc2ncccc2C#N)cc1. The molecule has 1 heterocycles. The average Bonchev–Trinajstić information content (AvgIpc) is 2.48. The standard InChI is InChI=1S/C17H19N3S/c1-12(2)21-16-8-6-14(7-9-16)13(3)20-17-15(11-18)5-4-10-19-17/h4-10,12-13H,1-3H3,(H,19,20). The van der Waals surface area contributed by atoms with Crippen molar-refractivity contribution in [1.82, 2.24) is 4.98 Å². The third kappa shape index (κ3) is 4.24. The summed E-state index contributed by atoms with van der Waals surface area (Å²) in [5.41, 5.74) is 1.74. The fraction of sp³-hybridized carbons (Fsp3) is 0.294. The maximum absolute atomic E-state index is 9.09. The lowest BCUT2D eigenvalue weighted by atomic mass is 10.1. The van der Waals surface area contributed by atoms with E-state index in [1.54, 1.807) is 18.3 Å². The van der Waals surface area contributed by atoms with Gasteiger partial charge in [0.1, 0.15) is 11.9 Å². The van der Waals surface area contributed by atoms with Crippen LogP contribution in [0.25, 0.3) is 0 Å². The third-order valence-electron chi connectivity index (χ3n) is 3.03. The van der Waals surface area contributed by atoms with Gasteiger partial charge in [0.05, 0.1) is 5.56 Å². The number of nitrogens with one attached hydrogen (secondary N) is 1. The number of benzene rings is 1. The number of nitriles is 1. The van der Waals surface area contributed by atoms with E-state index >= 15 is 0 Å². The maximum atomic E-state index is 9.09. The molecule has 1 N–H and O–H groups in total. The molecule has 0 bridgehead atoms. The van der Waals surface area contributed by atoms with Crippen LogP contribution < -0.4 is 5.32 Å². The van der Waals surface area contributed by atoms with E-state index in [1.165, 1.54) is 10.5 Å². The predicted octanol–water partition coefficient (Wildman–Crippen LogP) is 4.63. The monoisotopic (exact) mass is 297 g/mol. The molecule has 1 atom stereocenters. The second-order valence-electron chi connectivity index (χ2n) is 5.11. The van der Waals surface area contributed by atoms with Crippen LogP contribution in [0.2, 0.25) is 0 Å². The van der Waals surface area contributed by atoms with Crippen LogP contribution in [0, 0.1) is 11.3 Å². The van der Waals surface area contributed by atoms with Crippen LogP contribution in [0.3, 0.4) is 0 Å². The van der Waals surface area contributed by atoms with E-state index in [2.05, 4.69) is 61.4 Å². The Morgan fingerprint density at radius 3 is 2.48 bits per heavy atom. The molecule has 3 nitrogen and oxygen atoms in total. The minimum atomic E-state index is 0.102. The van der Waals surface area contributed by atoms with Crippen molar-refractivity contribution >= 4 is 17.6 Å². The topological polar surface area (TPSA) is 48.7 Å². The van der Waals surface area contributed by atoms with Gasteiger partial charge in [0, 0.05) is 22.4 Å². The Balaban J connectivity index is 2.10. The molecule has 0 aliphatic rings. The van der Waals surface area contributed by atoms with E-state index in [4.69, 9.17) is 5.26 Å². The van der Waals surface area contributed by atoms with Gasteiger partial charge in [0.15, 0.2) is 0 Å². The molecule has 4 heteroatoms. The summed E-state index contributed by atoms with van der Waals surface area (Å²) in [5, 5.41) is 13.0. The highest BCUT2D eigenvalue weighted by molar-refractivity contribution is 7.99. The van der Waals surface area contributed by atoms with Crippen LogP contribution in [-0.4, -0.2) is 10.2 Å². The number of nitrogens with zero attached hydrogens (tertiary/aromatic N) is 2. The van der Waals surface area contributed by atoms with Crippen molar-refractivity contribution in [2.45, 2.75) is 37.0 Å². The molecule has 21 heavy (non-hydrogen) atoms. The fourth-order valence-electron chi connectivity index (χ4n) is 2.01. The number of anilines is 1. The molecule has 1 aromatic carbocycles. The number of thioether (sulfide) groups is 1. The molecule has 2 aromatic rings. The van der Waals surface area contributed by atoms with Crippen molar-refractivity contribution < 1.29 is 0 Å². The number of hydrogen-bond acceptors (Lipinski definition) is 4. The van der Waals surface area contributed by atoms with Crippen LogP contribution in [0.4, 0.5) is 5.82 Å². The summed E-state index contributed by atoms with van der Waals surface area (Å²) in [7, 11) is 0. The Bertz CT molecular complexity index is 629. The summed E-state index contributed by atoms with van der Waals surface area (Å²) in [4.78, 5) is 5.51. The van der Waals surface area contributed by atoms with Crippen LogP contribution in [-0.2, 0) is 0 Å². The highest BCUT2D eigenvalue weighted by atomic mass is 32.2. The summed E-state index contributed by atoms with van der Waals surface area (Å²) in [6, 6.07) is 14.3. The van der Waals surface area contributed by atoms with Gasteiger partial charge < -0.3 is 5.32 Å². The number of hydrogen-bond donors (Lipinski definition) is 1. The lowest BCUT2D eigenvalue weighted by Gasteiger charge is -2.16. The number of aromatic nitrogens is 1. The molecule has 108 valence electrons. The summed E-state index contributed by atoms with van der Waals surface area (Å²) < 4.78 is 0. The zero-order valence-electron chi connectivity index (χ0n) is 12.5. The Hall–Kier alpha value is -1.99. The zero-order chi connectivity index (χ0) is 15.2. The van der Waals surface area contributed by atoms with Crippen LogP contribution in [0.5, 0.6) is 0 Å². The smallest absolute Gasteiger partial charge is 0.144 e. The highest BCUT2D eigenvalue weighted by Gasteiger charge is 2.09. The maximum Gasteiger partial charge on any atom is 0.144 e. The lowest BCUT2D eigenvalue weighted by molar-refractivity contribution is 0.871. The summed E-state index contributed by atoms with van der Waals surface area (Å²) in [5.74, 6) is 0.633. The van der Waals surface area contributed by atoms with Gasteiger partial charge in [0.2, 0.25) is 0 Å². The molecule has 2 rings (SSSR count). The Morgan fingerprint density at radius 1 is 1.14 bits per heavy atom. The molecule has 0 aliphatic carbocycles. The minimum absolute atomic E-state index is 0.102. The van der Waals surface area contributed by atoms with E-state index in [9.17, 15) is 0 Å². The second-order valence-corrected chi connectivity index (χ2v) is 6.76. The van der Waals surface area contributed by atoms with Crippen LogP contribution >= 0.6 is 11.8 Å². The van der Waals surface area contributed by atoms with Crippen molar-refractivity contribution in [2.75, 3.05) is 5.32 Å². The second kappa shape index (κ2) is 7.14. The van der Waals surface area contributed by atoms with Gasteiger partial charge in [-0.05, 0) is 36.8 Å². The Morgan fingerprint density at radius 2 is 1.86 bits per heavy atom. The Kier molecular flexibility index (Phi) is 5.24. The van der Waals surface area contributed by atoms with E-state index in [0.717, 1.165) is 0 Å². The van der Waals surface area contributed by atoms with Gasteiger partial charge in [-0.1, -0.05) is 26.0 Å². The molecule has 0 spiro atoms. The van der Waals surface area contributed by atoms with E-state index < -0.39 is 0 Å². The molecular formula is C17H19N3S. The first-order valence-electron chi connectivity index (χ1n) is 6.98. The summed E-state index contributed by atoms with van der Waals surface area (Å²) in [6.45, 7) is 6.45. The van der Waals surface area contributed by atoms with Crippen molar-refractivity contribution in [3.8, 4) is 6.07 Å². The van der Waals surface area contributed by atoms with Crippen LogP contribution in [0.1, 0.15) is 37.9 Å². The van der Waals surface area contributed by atoms with E-state index in [0.29, 0.717) is 16.6 Å². The lowest BCUT2D eigenvalue weighted by Crippen LogP contribution is -2.09. The van der Waals surface area contributed by atoms with Gasteiger partial charge in [-0.2, -0.15) is 5.26 Å². The molecule has 0 saturated heterocycles. The first kappa shape index (κ1) is 15.4. The van der Waals surface area contributed by atoms with Crippen molar-refractivity contribution in [3.63, 3.8) is 0 Å². The molecule has 0 aliphatic heterocycles. The normalized spacial score (nSPS) is 12.0. The largest absolute Gasteiger partial charge is 0.362 e. The molecule has 0 amide bonds. The molecule has 0 fully saturated rings. The quantitative estimate of drug-likeness (QED) is 0.818. The van der Waals surface area contributed by atoms with Gasteiger partial charge >= 0.3 is 0 Å². The van der Waals surface area contributed by atoms with Crippen molar-refractivity contribution in [2.24, 2.45) is 0 Å². The van der Waals surface area contributed by atoms with Gasteiger partial charge in [0.25, 0.3) is 0 Å². The number of rotatable bonds is 5. The average molecular weight is 297 g/mol. The zero-order valence-corrected chi connectivity index (χ0v) is 13.3. The van der Waals surface area contributed by atoms with Crippen molar-refractivity contribution in [1.29, 1.82) is 5.26 Å². The molecular weight excluding hydrogens is 278 g/mol. The highest BCUT2D eigenvalue weighted by Crippen LogP contribution is 2.26. The van der Waals surface area contributed by atoms with Crippen molar-refractivity contribution in [3.05, 3.63) is 53.7 Å². The molecule has 1 aromatic heterocycles. The summed E-state index contributed by atoms with van der Waals surface area (Å²) in [6.07, 6.45) is 1.69. The fourth-order valence-corrected chi connectivity index (χ4v) is 2.84. The molecule has 1 unspecified atom stereocenters. The first-order chi connectivity index (χ1) is 10.1. The van der Waals surface area contributed by atoms with Gasteiger partial charge in [-0.15, -0.1) is 11.8 Å². The van der Waals surface area contributed by atoms with E-state index in [1.807, 2.05) is 11.8 Å². The first-order valence-corrected chi connectivity index (χ1v) is 7.86. The van der Waals surface area contributed by atoms with Gasteiger partial charge in [-0.3, -0.25) is 0 Å². The third-order valence-corrected chi connectivity index (χ3v) is 4.05. The van der Waals surface area contributed by atoms with E-state index in [-0.39, 0.29) is 6.04 Å². The minimum Gasteiger partial charge on any atom is -0.362 e.